The van der Waals surface area contributed by atoms with E-state index < -0.39 is 0 Å². The lowest BCUT2D eigenvalue weighted by molar-refractivity contribution is 0.190. The maximum atomic E-state index is 13.9. The normalized spacial score (nSPS) is 17.5. The van der Waals surface area contributed by atoms with E-state index in [0.29, 0.717) is 12.2 Å². The largest absolute Gasteiger partial charge is 0.367 e. The van der Waals surface area contributed by atoms with Crippen LogP contribution in [-0.4, -0.2) is 37.6 Å². The highest BCUT2D eigenvalue weighted by molar-refractivity contribution is 5.48. The number of rotatable bonds is 4. The van der Waals surface area contributed by atoms with E-state index in [1.54, 1.807) is 6.07 Å². The van der Waals surface area contributed by atoms with E-state index in [9.17, 15) is 4.39 Å². The van der Waals surface area contributed by atoms with Gasteiger partial charge in [0.25, 0.3) is 0 Å². The summed E-state index contributed by atoms with van der Waals surface area (Å²) in [5, 5.41) is 0. The van der Waals surface area contributed by atoms with Crippen molar-refractivity contribution in [1.82, 2.24) is 4.90 Å². The van der Waals surface area contributed by atoms with Gasteiger partial charge in [-0.1, -0.05) is 42.5 Å². The Balaban J connectivity index is 1.67. The van der Waals surface area contributed by atoms with E-state index in [2.05, 4.69) is 21.9 Å². The summed E-state index contributed by atoms with van der Waals surface area (Å²) >= 11 is 0. The molecule has 3 nitrogen and oxygen atoms in total. The fourth-order valence-electron chi connectivity index (χ4n) is 3.15. The Morgan fingerprint density at radius 2 is 1.55 bits per heavy atom. The SMILES string of the molecule is NCC(c1ccccc1)N1CCN(c2ccccc2F)CC1. The van der Waals surface area contributed by atoms with E-state index in [-0.39, 0.29) is 11.9 Å². The number of hydrogen-bond donors (Lipinski definition) is 1. The third kappa shape index (κ3) is 3.13. The summed E-state index contributed by atoms with van der Waals surface area (Å²) in [6.07, 6.45) is 0. The zero-order valence-electron chi connectivity index (χ0n) is 12.7. The van der Waals surface area contributed by atoms with Crippen LogP contribution in [0, 0.1) is 5.82 Å². The first-order valence-electron chi connectivity index (χ1n) is 7.78. The molecule has 0 aliphatic carbocycles. The summed E-state index contributed by atoms with van der Waals surface area (Å²) in [5.41, 5.74) is 7.94. The molecule has 0 saturated carbocycles. The lowest BCUT2D eigenvalue weighted by Gasteiger charge is -2.40. The molecule has 0 amide bonds. The van der Waals surface area contributed by atoms with Gasteiger partial charge in [0.2, 0.25) is 0 Å². The first kappa shape index (κ1) is 15.0. The minimum absolute atomic E-state index is 0.144. The highest BCUT2D eigenvalue weighted by Crippen LogP contribution is 2.24. The van der Waals surface area contributed by atoms with Gasteiger partial charge in [0.05, 0.1) is 5.69 Å². The van der Waals surface area contributed by atoms with E-state index >= 15 is 0 Å². The maximum absolute atomic E-state index is 13.9. The van der Waals surface area contributed by atoms with Gasteiger partial charge in [-0.15, -0.1) is 0 Å². The van der Waals surface area contributed by atoms with Crippen LogP contribution >= 0.6 is 0 Å². The Bertz CT molecular complexity index is 594. The molecule has 0 aromatic heterocycles. The highest BCUT2D eigenvalue weighted by atomic mass is 19.1. The summed E-state index contributed by atoms with van der Waals surface area (Å²) in [6.45, 7) is 4.04. The molecule has 1 heterocycles. The molecule has 2 N–H and O–H groups in total. The predicted octanol–water partition coefficient (Wildman–Crippen LogP) is 2.65. The average molecular weight is 299 g/mol. The quantitative estimate of drug-likeness (QED) is 0.942. The summed E-state index contributed by atoms with van der Waals surface area (Å²) < 4.78 is 13.9. The second-order valence-corrected chi connectivity index (χ2v) is 5.64. The van der Waals surface area contributed by atoms with Crippen molar-refractivity contribution in [2.45, 2.75) is 6.04 Å². The summed E-state index contributed by atoms with van der Waals surface area (Å²) in [4.78, 5) is 4.51. The molecule has 0 bridgehead atoms. The Kier molecular flexibility index (Phi) is 4.71. The first-order chi connectivity index (χ1) is 10.8. The van der Waals surface area contributed by atoms with Gasteiger partial charge in [-0.25, -0.2) is 4.39 Å². The molecule has 1 aliphatic rings. The number of benzene rings is 2. The smallest absolute Gasteiger partial charge is 0.146 e. The lowest BCUT2D eigenvalue weighted by Crippen LogP contribution is -2.49. The Morgan fingerprint density at radius 3 is 2.18 bits per heavy atom. The monoisotopic (exact) mass is 299 g/mol. The molecular weight excluding hydrogens is 277 g/mol. The van der Waals surface area contributed by atoms with Crippen molar-refractivity contribution < 1.29 is 4.39 Å². The number of para-hydroxylation sites is 1. The van der Waals surface area contributed by atoms with Crippen LogP contribution < -0.4 is 10.6 Å². The molecule has 1 fully saturated rings. The molecule has 2 aromatic carbocycles. The fraction of sp³-hybridized carbons (Fsp3) is 0.333. The molecule has 2 aromatic rings. The van der Waals surface area contributed by atoms with Crippen LogP contribution in [0.1, 0.15) is 11.6 Å². The van der Waals surface area contributed by atoms with Gasteiger partial charge in [0, 0.05) is 38.8 Å². The number of halogens is 1. The van der Waals surface area contributed by atoms with Crippen molar-refractivity contribution in [3.63, 3.8) is 0 Å². The van der Waals surface area contributed by atoms with Crippen LogP contribution in [0.15, 0.2) is 54.6 Å². The van der Waals surface area contributed by atoms with Crippen molar-refractivity contribution in [3.05, 3.63) is 66.0 Å². The van der Waals surface area contributed by atoms with E-state index in [1.165, 1.54) is 11.6 Å². The van der Waals surface area contributed by atoms with Gasteiger partial charge in [0.15, 0.2) is 0 Å². The zero-order valence-corrected chi connectivity index (χ0v) is 12.7. The van der Waals surface area contributed by atoms with Gasteiger partial charge >= 0.3 is 0 Å². The Labute approximate surface area is 131 Å². The van der Waals surface area contributed by atoms with Gasteiger partial charge < -0.3 is 10.6 Å². The molecule has 1 unspecified atom stereocenters. The molecule has 1 aliphatic heterocycles. The third-order valence-electron chi connectivity index (χ3n) is 4.36. The van der Waals surface area contributed by atoms with Gasteiger partial charge in [-0.05, 0) is 17.7 Å². The van der Waals surface area contributed by atoms with Crippen molar-refractivity contribution in [1.29, 1.82) is 0 Å². The van der Waals surface area contributed by atoms with E-state index in [1.807, 2.05) is 30.3 Å². The second kappa shape index (κ2) is 6.90. The van der Waals surface area contributed by atoms with E-state index in [0.717, 1.165) is 26.2 Å². The lowest BCUT2D eigenvalue weighted by atomic mass is 10.0. The molecule has 116 valence electrons. The average Bonchev–Trinajstić information content (AvgIpc) is 2.58. The molecule has 1 saturated heterocycles. The number of nitrogens with two attached hydrogens (primary N) is 1. The standard InChI is InChI=1S/C18H22FN3/c19-16-8-4-5-9-17(16)21-10-12-22(13-11-21)18(14-20)15-6-2-1-3-7-15/h1-9,18H,10-14,20H2. The molecule has 22 heavy (non-hydrogen) atoms. The number of hydrogen-bond acceptors (Lipinski definition) is 3. The van der Waals surface area contributed by atoms with Crippen molar-refractivity contribution >= 4 is 5.69 Å². The van der Waals surface area contributed by atoms with Crippen LogP contribution in [0.2, 0.25) is 0 Å². The molecule has 4 heteroatoms. The van der Waals surface area contributed by atoms with Crippen LogP contribution in [0.25, 0.3) is 0 Å². The van der Waals surface area contributed by atoms with Crippen LogP contribution in [0.4, 0.5) is 10.1 Å². The van der Waals surface area contributed by atoms with Crippen molar-refractivity contribution in [2.75, 3.05) is 37.6 Å². The minimum atomic E-state index is -0.144. The Morgan fingerprint density at radius 1 is 0.909 bits per heavy atom. The molecule has 3 rings (SSSR count). The summed E-state index contributed by atoms with van der Waals surface area (Å²) in [6, 6.07) is 17.6. The highest BCUT2D eigenvalue weighted by Gasteiger charge is 2.25. The number of piperazine rings is 1. The topological polar surface area (TPSA) is 32.5 Å². The maximum Gasteiger partial charge on any atom is 0.146 e. The zero-order chi connectivity index (χ0) is 15.4. The van der Waals surface area contributed by atoms with Crippen molar-refractivity contribution in [3.8, 4) is 0 Å². The van der Waals surface area contributed by atoms with E-state index in [4.69, 9.17) is 5.73 Å². The Hall–Kier alpha value is -1.91. The van der Waals surface area contributed by atoms with Gasteiger partial charge in [0.1, 0.15) is 5.82 Å². The number of anilines is 1. The van der Waals surface area contributed by atoms with Crippen LogP contribution in [0.3, 0.4) is 0 Å². The van der Waals surface area contributed by atoms with Crippen LogP contribution in [-0.2, 0) is 0 Å². The summed E-state index contributed by atoms with van der Waals surface area (Å²) in [5.74, 6) is -0.144. The first-order valence-corrected chi connectivity index (χ1v) is 7.78. The van der Waals surface area contributed by atoms with Gasteiger partial charge in [-0.2, -0.15) is 0 Å². The fourth-order valence-corrected chi connectivity index (χ4v) is 3.15. The molecule has 0 radical (unpaired) electrons. The molecule has 1 atom stereocenters. The molecular formula is C18H22FN3. The predicted molar refractivity (Wildman–Crippen MR) is 88.4 cm³/mol. The number of nitrogens with zero attached hydrogens (tertiary/aromatic N) is 2. The van der Waals surface area contributed by atoms with Gasteiger partial charge in [-0.3, -0.25) is 4.90 Å². The minimum Gasteiger partial charge on any atom is -0.367 e. The van der Waals surface area contributed by atoms with Crippen LogP contribution in [0.5, 0.6) is 0 Å². The molecule has 0 spiro atoms. The third-order valence-corrected chi connectivity index (χ3v) is 4.36. The second-order valence-electron chi connectivity index (χ2n) is 5.64. The van der Waals surface area contributed by atoms with Crippen molar-refractivity contribution in [2.24, 2.45) is 5.73 Å². The summed E-state index contributed by atoms with van der Waals surface area (Å²) in [7, 11) is 0.